The first kappa shape index (κ1) is 12.0. The minimum atomic E-state index is -0.558. The Bertz CT molecular complexity index is 442. The fourth-order valence-electron chi connectivity index (χ4n) is 1.85. The van der Waals surface area contributed by atoms with Gasteiger partial charge in [0.05, 0.1) is 11.0 Å². The minimum absolute atomic E-state index is 0.0725. The summed E-state index contributed by atoms with van der Waals surface area (Å²) in [6.07, 6.45) is 2.11. The second kappa shape index (κ2) is 4.80. The van der Waals surface area contributed by atoms with Crippen molar-refractivity contribution in [1.82, 2.24) is 9.97 Å². The van der Waals surface area contributed by atoms with Gasteiger partial charge in [-0.15, -0.1) is 0 Å². The maximum absolute atomic E-state index is 10.9. The number of nitrogens with zero attached hydrogens (tertiary/aromatic N) is 4. The number of ether oxygens (including phenoxy) is 1. The van der Waals surface area contributed by atoms with Gasteiger partial charge >= 0.3 is 5.69 Å². The molecule has 1 aromatic rings. The van der Waals surface area contributed by atoms with Crippen LogP contribution in [-0.2, 0) is 4.74 Å². The van der Waals surface area contributed by atoms with Crippen LogP contribution >= 0.6 is 11.6 Å². The van der Waals surface area contributed by atoms with E-state index >= 15 is 0 Å². The summed E-state index contributed by atoms with van der Waals surface area (Å²) in [5.74, 6) is 0.259. The van der Waals surface area contributed by atoms with Crippen LogP contribution in [0.2, 0.25) is 5.15 Å². The first-order valence-electron chi connectivity index (χ1n) is 5.06. The molecule has 1 fully saturated rings. The van der Waals surface area contributed by atoms with E-state index in [0.29, 0.717) is 13.1 Å². The molecule has 7 nitrogen and oxygen atoms in total. The van der Waals surface area contributed by atoms with E-state index < -0.39 is 4.92 Å². The van der Waals surface area contributed by atoms with E-state index in [0.717, 1.165) is 6.42 Å². The van der Waals surface area contributed by atoms with Gasteiger partial charge in [-0.3, -0.25) is 10.1 Å². The smallest absolute Gasteiger partial charge is 0.348 e. The molecule has 2 heterocycles. The molecule has 2 rings (SSSR count). The SMILES string of the molecule is COC1CCN(c2ncnc(Cl)c2[N+](=O)[O-])C1. The zero-order chi connectivity index (χ0) is 12.4. The van der Waals surface area contributed by atoms with Gasteiger partial charge in [-0.25, -0.2) is 9.97 Å². The Labute approximate surface area is 103 Å². The van der Waals surface area contributed by atoms with Crippen molar-refractivity contribution in [3.05, 3.63) is 21.6 Å². The van der Waals surface area contributed by atoms with E-state index in [1.54, 1.807) is 12.0 Å². The molecule has 0 saturated carbocycles. The highest BCUT2D eigenvalue weighted by Crippen LogP contribution is 2.33. The summed E-state index contributed by atoms with van der Waals surface area (Å²) in [6.45, 7) is 1.23. The molecule has 1 unspecified atom stereocenters. The summed E-state index contributed by atoms with van der Waals surface area (Å²) in [4.78, 5) is 19.7. The van der Waals surface area contributed by atoms with Gasteiger partial charge in [0.25, 0.3) is 0 Å². The van der Waals surface area contributed by atoms with Crippen molar-refractivity contribution >= 4 is 23.1 Å². The average Bonchev–Trinajstić information content (AvgIpc) is 2.76. The van der Waals surface area contributed by atoms with Crippen molar-refractivity contribution in [2.75, 3.05) is 25.1 Å². The number of anilines is 1. The van der Waals surface area contributed by atoms with E-state index in [4.69, 9.17) is 16.3 Å². The first-order chi connectivity index (χ1) is 8.13. The van der Waals surface area contributed by atoms with Gasteiger partial charge in [0, 0.05) is 20.2 Å². The first-order valence-corrected chi connectivity index (χ1v) is 5.44. The number of hydrogen-bond acceptors (Lipinski definition) is 6. The van der Waals surface area contributed by atoms with Gasteiger partial charge in [0.2, 0.25) is 11.0 Å². The summed E-state index contributed by atoms with van der Waals surface area (Å²) >= 11 is 5.72. The molecule has 1 aliphatic rings. The number of halogens is 1. The van der Waals surface area contributed by atoms with Crippen molar-refractivity contribution in [2.24, 2.45) is 0 Å². The minimum Gasteiger partial charge on any atom is -0.380 e. The Hall–Kier alpha value is -1.47. The Kier molecular flexibility index (Phi) is 3.39. The highest BCUT2D eigenvalue weighted by molar-refractivity contribution is 6.31. The van der Waals surface area contributed by atoms with Crippen LogP contribution in [0.1, 0.15) is 6.42 Å². The molecule has 92 valence electrons. The highest BCUT2D eigenvalue weighted by atomic mass is 35.5. The molecule has 1 saturated heterocycles. The Balaban J connectivity index is 2.33. The lowest BCUT2D eigenvalue weighted by Gasteiger charge is -2.16. The van der Waals surface area contributed by atoms with Gasteiger partial charge in [0.1, 0.15) is 6.33 Å². The van der Waals surface area contributed by atoms with E-state index in [-0.39, 0.29) is 22.8 Å². The Morgan fingerprint density at radius 1 is 1.65 bits per heavy atom. The lowest BCUT2D eigenvalue weighted by Crippen LogP contribution is -2.24. The Morgan fingerprint density at radius 2 is 2.41 bits per heavy atom. The fraction of sp³-hybridized carbons (Fsp3) is 0.556. The lowest BCUT2D eigenvalue weighted by atomic mass is 10.3. The number of aromatic nitrogens is 2. The molecule has 0 amide bonds. The Morgan fingerprint density at radius 3 is 3.00 bits per heavy atom. The summed E-state index contributed by atoms with van der Waals surface area (Å²) in [7, 11) is 1.62. The van der Waals surface area contributed by atoms with Crippen LogP contribution in [0.25, 0.3) is 0 Å². The van der Waals surface area contributed by atoms with Crippen molar-refractivity contribution in [3.63, 3.8) is 0 Å². The number of rotatable bonds is 3. The van der Waals surface area contributed by atoms with Crippen molar-refractivity contribution < 1.29 is 9.66 Å². The number of methoxy groups -OCH3 is 1. The van der Waals surface area contributed by atoms with Gasteiger partial charge in [-0.1, -0.05) is 11.6 Å². The molecule has 0 spiro atoms. The third-order valence-electron chi connectivity index (χ3n) is 2.72. The van der Waals surface area contributed by atoms with Crippen LogP contribution in [0.5, 0.6) is 0 Å². The topological polar surface area (TPSA) is 81.4 Å². The molecule has 0 radical (unpaired) electrons. The zero-order valence-corrected chi connectivity index (χ0v) is 9.92. The average molecular weight is 259 g/mol. The number of hydrogen-bond donors (Lipinski definition) is 0. The quantitative estimate of drug-likeness (QED) is 0.461. The molecule has 0 N–H and O–H groups in total. The second-order valence-corrected chi connectivity index (χ2v) is 4.04. The van der Waals surface area contributed by atoms with E-state index in [1.807, 2.05) is 0 Å². The van der Waals surface area contributed by atoms with Crippen molar-refractivity contribution in [1.29, 1.82) is 0 Å². The van der Waals surface area contributed by atoms with Gasteiger partial charge in [0.15, 0.2) is 0 Å². The van der Waals surface area contributed by atoms with Crippen molar-refractivity contribution in [3.8, 4) is 0 Å². The van der Waals surface area contributed by atoms with E-state index in [1.165, 1.54) is 6.33 Å². The van der Waals surface area contributed by atoms with Crippen molar-refractivity contribution in [2.45, 2.75) is 12.5 Å². The third kappa shape index (κ3) is 2.29. The summed E-state index contributed by atoms with van der Waals surface area (Å²) in [5.41, 5.74) is -0.245. The summed E-state index contributed by atoms with van der Waals surface area (Å²) in [6, 6.07) is 0. The largest absolute Gasteiger partial charge is 0.380 e. The predicted octanol–water partition coefficient (Wildman–Crippen LogP) is 1.26. The molecule has 17 heavy (non-hydrogen) atoms. The highest BCUT2D eigenvalue weighted by Gasteiger charge is 2.31. The van der Waals surface area contributed by atoms with Gasteiger partial charge < -0.3 is 9.64 Å². The fourth-order valence-corrected chi connectivity index (χ4v) is 2.05. The normalized spacial score (nSPS) is 19.6. The zero-order valence-electron chi connectivity index (χ0n) is 9.17. The molecule has 0 aromatic carbocycles. The van der Waals surface area contributed by atoms with E-state index in [9.17, 15) is 10.1 Å². The van der Waals surface area contributed by atoms with E-state index in [2.05, 4.69) is 9.97 Å². The molecule has 8 heteroatoms. The van der Waals surface area contributed by atoms with Crippen LogP contribution in [0, 0.1) is 10.1 Å². The lowest BCUT2D eigenvalue weighted by molar-refractivity contribution is -0.384. The van der Waals surface area contributed by atoms with Crippen LogP contribution in [-0.4, -0.2) is 41.2 Å². The van der Waals surface area contributed by atoms with Gasteiger partial charge in [-0.2, -0.15) is 0 Å². The summed E-state index contributed by atoms with van der Waals surface area (Å²) in [5, 5.41) is 10.8. The molecule has 1 aromatic heterocycles. The predicted molar refractivity (Wildman–Crippen MR) is 61.3 cm³/mol. The molecule has 0 bridgehead atoms. The standard InChI is InChI=1S/C9H11ClN4O3/c1-17-6-2-3-13(4-6)9-7(14(15)16)8(10)11-5-12-9/h5-6H,2-4H2,1H3. The van der Waals surface area contributed by atoms with Crippen LogP contribution in [0.15, 0.2) is 6.33 Å². The molecule has 1 aliphatic heterocycles. The van der Waals surface area contributed by atoms with Gasteiger partial charge in [-0.05, 0) is 6.42 Å². The molecular weight excluding hydrogens is 248 g/mol. The maximum Gasteiger partial charge on any atom is 0.348 e. The maximum atomic E-state index is 10.9. The molecular formula is C9H11ClN4O3. The van der Waals surface area contributed by atoms with Crippen LogP contribution < -0.4 is 4.90 Å². The molecule has 0 aliphatic carbocycles. The number of nitro groups is 1. The second-order valence-electron chi connectivity index (χ2n) is 3.69. The van der Waals surface area contributed by atoms with Crippen LogP contribution in [0.4, 0.5) is 11.5 Å². The third-order valence-corrected chi connectivity index (χ3v) is 3.00. The monoisotopic (exact) mass is 258 g/mol. The summed E-state index contributed by atoms with van der Waals surface area (Å²) < 4.78 is 5.21. The molecule has 1 atom stereocenters. The van der Waals surface area contributed by atoms with Crippen LogP contribution in [0.3, 0.4) is 0 Å².